The summed E-state index contributed by atoms with van der Waals surface area (Å²) < 4.78 is 0. The van der Waals surface area contributed by atoms with Crippen molar-refractivity contribution in [3.8, 4) is 5.75 Å². The minimum absolute atomic E-state index is 0.0114. The van der Waals surface area contributed by atoms with E-state index in [-0.39, 0.29) is 17.9 Å². The minimum atomic E-state index is -1.13. The Balaban J connectivity index is 2.11. The Hall–Kier alpha value is -1.85. The zero-order valence-electron chi connectivity index (χ0n) is 12.3. The second-order valence-corrected chi connectivity index (χ2v) is 6.15. The Morgan fingerprint density at radius 2 is 2.05 bits per heavy atom. The van der Waals surface area contributed by atoms with Gasteiger partial charge in [-0.15, -0.1) is 0 Å². The van der Waals surface area contributed by atoms with Crippen molar-refractivity contribution in [2.24, 2.45) is 0 Å². The SMILES string of the molecule is Cc1ccc(C(=O)NCC(C)(O)c2ccsc2)c(O)c1C. The predicted octanol–water partition coefficient (Wildman–Crippen LogP) is 2.71. The Bertz CT molecular complexity index is 648. The van der Waals surface area contributed by atoms with Crippen LogP contribution < -0.4 is 5.32 Å². The second-order valence-electron chi connectivity index (χ2n) is 5.37. The number of phenols is 1. The third kappa shape index (κ3) is 3.25. The monoisotopic (exact) mass is 305 g/mol. The van der Waals surface area contributed by atoms with Crippen molar-refractivity contribution < 1.29 is 15.0 Å². The third-order valence-electron chi connectivity index (χ3n) is 3.68. The highest BCUT2D eigenvalue weighted by molar-refractivity contribution is 7.08. The highest BCUT2D eigenvalue weighted by Crippen LogP contribution is 2.26. The van der Waals surface area contributed by atoms with Crippen LogP contribution in [0.2, 0.25) is 0 Å². The molecule has 2 aromatic rings. The van der Waals surface area contributed by atoms with Crippen molar-refractivity contribution in [3.63, 3.8) is 0 Å². The number of phenolic OH excluding ortho intramolecular Hbond substituents is 1. The van der Waals surface area contributed by atoms with E-state index in [1.165, 1.54) is 11.3 Å². The van der Waals surface area contributed by atoms with E-state index in [1.54, 1.807) is 26.0 Å². The van der Waals surface area contributed by atoms with Crippen LogP contribution in [0.25, 0.3) is 0 Å². The molecule has 0 fully saturated rings. The average Bonchev–Trinajstić information content (AvgIpc) is 2.97. The highest BCUT2D eigenvalue weighted by atomic mass is 32.1. The number of aliphatic hydroxyl groups is 1. The molecule has 0 aliphatic heterocycles. The van der Waals surface area contributed by atoms with Gasteiger partial charge in [-0.3, -0.25) is 4.79 Å². The Kier molecular flexibility index (Phi) is 4.34. The number of carbonyl (C=O) groups excluding carboxylic acids is 1. The molecule has 0 bridgehead atoms. The number of thiophene rings is 1. The van der Waals surface area contributed by atoms with Crippen LogP contribution in [0.1, 0.15) is 34.0 Å². The minimum Gasteiger partial charge on any atom is -0.507 e. The van der Waals surface area contributed by atoms with Gasteiger partial charge in [0.05, 0.1) is 12.1 Å². The molecule has 1 aromatic carbocycles. The molecule has 0 aliphatic rings. The molecule has 0 saturated heterocycles. The lowest BCUT2D eigenvalue weighted by molar-refractivity contribution is 0.0529. The summed E-state index contributed by atoms with van der Waals surface area (Å²) in [6.45, 7) is 5.37. The smallest absolute Gasteiger partial charge is 0.255 e. The molecule has 0 saturated carbocycles. The predicted molar refractivity (Wildman–Crippen MR) is 83.8 cm³/mol. The lowest BCUT2D eigenvalue weighted by Crippen LogP contribution is -2.38. The maximum Gasteiger partial charge on any atom is 0.255 e. The highest BCUT2D eigenvalue weighted by Gasteiger charge is 2.25. The number of hydrogen-bond acceptors (Lipinski definition) is 4. The molecule has 5 heteroatoms. The fourth-order valence-corrected chi connectivity index (χ4v) is 2.79. The summed E-state index contributed by atoms with van der Waals surface area (Å²) in [4.78, 5) is 12.2. The van der Waals surface area contributed by atoms with E-state index in [0.29, 0.717) is 5.56 Å². The molecule has 2 rings (SSSR count). The summed E-state index contributed by atoms with van der Waals surface area (Å²) in [5.74, 6) is -0.409. The number of amides is 1. The molecule has 0 spiro atoms. The van der Waals surface area contributed by atoms with Gasteiger partial charge in [0.25, 0.3) is 5.91 Å². The van der Waals surface area contributed by atoms with E-state index in [4.69, 9.17) is 0 Å². The Morgan fingerprint density at radius 3 is 2.67 bits per heavy atom. The second kappa shape index (κ2) is 5.87. The number of nitrogens with one attached hydrogen (secondary N) is 1. The van der Waals surface area contributed by atoms with Crippen LogP contribution in [0.5, 0.6) is 5.75 Å². The molecule has 1 amide bonds. The summed E-state index contributed by atoms with van der Waals surface area (Å²) in [5, 5.41) is 26.8. The van der Waals surface area contributed by atoms with Gasteiger partial charge in [0.1, 0.15) is 11.4 Å². The normalized spacial score (nSPS) is 13.7. The van der Waals surface area contributed by atoms with Gasteiger partial charge in [-0.2, -0.15) is 11.3 Å². The molecule has 1 aromatic heterocycles. The molecule has 0 aliphatic carbocycles. The van der Waals surface area contributed by atoms with Crippen LogP contribution >= 0.6 is 11.3 Å². The van der Waals surface area contributed by atoms with Crippen molar-refractivity contribution in [3.05, 3.63) is 51.2 Å². The summed E-state index contributed by atoms with van der Waals surface area (Å²) in [6, 6.07) is 5.21. The zero-order chi connectivity index (χ0) is 15.6. The van der Waals surface area contributed by atoms with Crippen molar-refractivity contribution >= 4 is 17.2 Å². The Morgan fingerprint density at radius 1 is 1.33 bits per heavy atom. The molecular formula is C16H19NO3S. The summed E-state index contributed by atoms with van der Waals surface area (Å²) >= 11 is 1.49. The molecule has 1 atom stereocenters. The summed E-state index contributed by atoms with van der Waals surface area (Å²) in [6.07, 6.45) is 0. The fraction of sp³-hybridized carbons (Fsp3) is 0.312. The fourth-order valence-electron chi connectivity index (χ4n) is 2.00. The maximum atomic E-state index is 12.2. The van der Waals surface area contributed by atoms with Crippen molar-refractivity contribution in [2.45, 2.75) is 26.4 Å². The maximum absolute atomic E-state index is 12.2. The van der Waals surface area contributed by atoms with Gasteiger partial charge in [0, 0.05) is 0 Å². The first-order chi connectivity index (χ1) is 9.83. The van der Waals surface area contributed by atoms with Gasteiger partial charge in [0.15, 0.2) is 0 Å². The van der Waals surface area contributed by atoms with Gasteiger partial charge < -0.3 is 15.5 Å². The number of benzene rings is 1. The number of rotatable bonds is 4. The van der Waals surface area contributed by atoms with Gasteiger partial charge in [-0.05, 0) is 60.4 Å². The molecule has 1 heterocycles. The molecule has 0 radical (unpaired) electrons. The first-order valence-corrected chi connectivity index (χ1v) is 7.59. The van der Waals surface area contributed by atoms with Gasteiger partial charge in [-0.25, -0.2) is 0 Å². The largest absolute Gasteiger partial charge is 0.507 e. The standard InChI is InChI=1S/C16H19NO3S/c1-10-4-5-13(14(18)11(10)2)15(19)17-9-16(3,20)12-6-7-21-8-12/h4-8,18,20H,9H2,1-3H3,(H,17,19). The molecular weight excluding hydrogens is 286 g/mol. The van der Waals surface area contributed by atoms with Crippen LogP contribution in [-0.4, -0.2) is 22.7 Å². The molecule has 21 heavy (non-hydrogen) atoms. The van der Waals surface area contributed by atoms with Crippen LogP contribution in [0.15, 0.2) is 29.0 Å². The third-order valence-corrected chi connectivity index (χ3v) is 4.37. The quantitative estimate of drug-likeness (QED) is 0.813. The number of aromatic hydroxyl groups is 1. The average molecular weight is 305 g/mol. The van der Waals surface area contributed by atoms with E-state index < -0.39 is 11.5 Å². The number of aryl methyl sites for hydroxylation is 1. The first kappa shape index (κ1) is 15.5. The van der Waals surface area contributed by atoms with Crippen molar-refractivity contribution in [1.29, 1.82) is 0 Å². The summed E-state index contributed by atoms with van der Waals surface area (Å²) in [5.41, 5.74) is 1.46. The Labute approximate surface area is 128 Å². The van der Waals surface area contributed by atoms with Crippen LogP contribution in [0.3, 0.4) is 0 Å². The van der Waals surface area contributed by atoms with E-state index in [9.17, 15) is 15.0 Å². The zero-order valence-corrected chi connectivity index (χ0v) is 13.1. The topological polar surface area (TPSA) is 69.6 Å². The lowest BCUT2D eigenvalue weighted by atomic mass is 9.99. The van der Waals surface area contributed by atoms with E-state index >= 15 is 0 Å². The number of hydrogen-bond donors (Lipinski definition) is 3. The first-order valence-electron chi connectivity index (χ1n) is 6.65. The number of carbonyl (C=O) groups is 1. The lowest BCUT2D eigenvalue weighted by Gasteiger charge is -2.23. The van der Waals surface area contributed by atoms with Crippen LogP contribution in [-0.2, 0) is 5.60 Å². The molecule has 4 nitrogen and oxygen atoms in total. The van der Waals surface area contributed by atoms with Gasteiger partial charge in [-0.1, -0.05) is 6.07 Å². The van der Waals surface area contributed by atoms with E-state index in [2.05, 4.69) is 5.32 Å². The van der Waals surface area contributed by atoms with Gasteiger partial charge >= 0.3 is 0 Å². The van der Waals surface area contributed by atoms with Crippen molar-refractivity contribution in [2.75, 3.05) is 6.54 Å². The molecule has 1 unspecified atom stereocenters. The molecule has 112 valence electrons. The van der Waals surface area contributed by atoms with Crippen molar-refractivity contribution in [1.82, 2.24) is 5.32 Å². The van der Waals surface area contributed by atoms with E-state index in [0.717, 1.165) is 11.1 Å². The molecule has 3 N–H and O–H groups in total. The van der Waals surface area contributed by atoms with Crippen LogP contribution in [0, 0.1) is 13.8 Å². The van der Waals surface area contributed by atoms with Crippen LogP contribution in [0.4, 0.5) is 0 Å². The summed E-state index contributed by atoms with van der Waals surface area (Å²) in [7, 11) is 0. The van der Waals surface area contributed by atoms with Gasteiger partial charge in [0.2, 0.25) is 0 Å². The van der Waals surface area contributed by atoms with E-state index in [1.807, 2.05) is 23.8 Å².